The Morgan fingerprint density at radius 3 is 2.84 bits per heavy atom. The van der Waals surface area contributed by atoms with Crippen molar-refractivity contribution in [2.24, 2.45) is 0 Å². The van der Waals surface area contributed by atoms with E-state index in [1.54, 1.807) is 12.1 Å². The van der Waals surface area contributed by atoms with Crippen molar-refractivity contribution < 1.29 is 13.6 Å². The van der Waals surface area contributed by atoms with Crippen LogP contribution in [0.3, 0.4) is 0 Å². The summed E-state index contributed by atoms with van der Waals surface area (Å²) in [5, 5.41) is 12.6. The number of rotatable bonds is 6. The molecular formula is C24H24FN5O2. The van der Waals surface area contributed by atoms with E-state index in [9.17, 15) is 9.18 Å². The zero-order chi connectivity index (χ0) is 21.9. The number of para-hydroxylation sites is 1. The second kappa shape index (κ2) is 8.92. The molecule has 3 heterocycles. The first-order chi connectivity index (χ1) is 15.6. The summed E-state index contributed by atoms with van der Waals surface area (Å²) < 4.78 is 21.4. The monoisotopic (exact) mass is 433 g/mol. The molecular weight excluding hydrogens is 409 g/mol. The number of fused-ring (bicyclic) bond motifs is 2. The Hall–Kier alpha value is -3.52. The van der Waals surface area contributed by atoms with Crippen LogP contribution >= 0.6 is 0 Å². The van der Waals surface area contributed by atoms with Gasteiger partial charge in [0.05, 0.1) is 19.5 Å². The standard InChI is InChI=1S/C24H24FN5O2/c25-19-6-3-4-17(12-19)13-24(31)26-15-23-28-27-22-8-9-29(10-11-30(22)23)16-20-14-18-5-1-2-7-21(18)32-20/h1-7,12,14H,8-11,13,15-16H2,(H,26,31). The molecule has 0 spiro atoms. The fraction of sp³-hybridized carbons (Fsp3) is 0.292. The van der Waals surface area contributed by atoms with Gasteiger partial charge in [0, 0.05) is 31.4 Å². The number of furan rings is 1. The molecule has 8 heteroatoms. The molecule has 7 nitrogen and oxygen atoms in total. The lowest BCUT2D eigenvalue weighted by molar-refractivity contribution is -0.120. The van der Waals surface area contributed by atoms with Crippen LogP contribution in [-0.4, -0.2) is 38.7 Å². The number of benzene rings is 2. The molecule has 0 radical (unpaired) electrons. The van der Waals surface area contributed by atoms with Crippen LogP contribution in [0, 0.1) is 5.82 Å². The average Bonchev–Trinajstić information content (AvgIpc) is 3.31. The number of nitrogens with one attached hydrogen (secondary N) is 1. The summed E-state index contributed by atoms with van der Waals surface area (Å²) in [5.41, 5.74) is 1.55. The van der Waals surface area contributed by atoms with E-state index in [-0.39, 0.29) is 18.1 Å². The molecule has 2 aromatic heterocycles. The summed E-state index contributed by atoms with van der Waals surface area (Å²) >= 11 is 0. The van der Waals surface area contributed by atoms with E-state index in [0.29, 0.717) is 12.1 Å². The quantitative estimate of drug-likeness (QED) is 0.506. The number of amides is 1. The molecule has 0 saturated heterocycles. The van der Waals surface area contributed by atoms with E-state index in [2.05, 4.69) is 37.1 Å². The van der Waals surface area contributed by atoms with E-state index in [1.165, 1.54) is 12.1 Å². The third-order valence-electron chi connectivity index (χ3n) is 5.75. The van der Waals surface area contributed by atoms with Gasteiger partial charge in [-0.2, -0.15) is 0 Å². The van der Waals surface area contributed by atoms with Crippen LogP contribution in [0.15, 0.2) is 59.0 Å². The van der Waals surface area contributed by atoms with E-state index < -0.39 is 0 Å². The van der Waals surface area contributed by atoms with Gasteiger partial charge in [-0.1, -0.05) is 30.3 Å². The first-order valence-corrected chi connectivity index (χ1v) is 10.8. The number of halogens is 1. The molecule has 5 rings (SSSR count). The van der Waals surface area contributed by atoms with E-state index in [4.69, 9.17) is 4.42 Å². The number of hydrogen-bond donors (Lipinski definition) is 1. The fourth-order valence-electron chi connectivity index (χ4n) is 4.12. The minimum Gasteiger partial charge on any atom is -0.460 e. The third-order valence-corrected chi connectivity index (χ3v) is 5.75. The first kappa shape index (κ1) is 20.4. The summed E-state index contributed by atoms with van der Waals surface area (Å²) in [6.45, 7) is 3.49. The highest BCUT2D eigenvalue weighted by molar-refractivity contribution is 5.78. The van der Waals surface area contributed by atoms with Crippen molar-refractivity contribution in [2.75, 3.05) is 13.1 Å². The zero-order valence-corrected chi connectivity index (χ0v) is 17.6. The molecule has 0 aliphatic carbocycles. The minimum atomic E-state index is -0.342. The van der Waals surface area contributed by atoms with Gasteiger partial charge in [0.25, 0.3) is 0 Å². The predicted octanol–water partition coefficient (Wildman–Crippen LogP) is 3.08. The second-order valence-electron chi connectivity index (χ2n) is 8.04. The smallest absolute Gasteiger partial charge is 0.224 e. The maximum atomic E-state index is 13.3. The van der Waals surface area contributed by atoms with Crippen molar-refractivity contribution in [3.63, 3.8) is 0 Å². The summed E-state index contributed by atoms with van der Waals surface area (Å²) in [7, 11) is 0. The summed E-state index contributed by atoms with van der Waals surface area (Å²) in [4.78, 5) is 14.6. The highest BCUT2D eigenvalue weighted by atomic mass is 19.1. The molecule has 0 unspecified atom stereocenters. The largest absolute Gasteiger partial charge is 0.460 e. The van der Waals surface area contributed by atoms with Crippen LogP contribution in [-0.2, 0) is 37.3 Å². The van der Waals surface area contributed by atoms with Crippen molar-refractivity contribution >= 4 is 16.9 Å². The van der Waals surface area contributed by atoms with Crippen molar-refractivity contribution in [3.05, 3.63) is 83.4 Å². The molecule has 0 bridgehead atoms. The Balaban J connectivity index is 1.18. The van der Waals surface area contributed by atoms with Crippen LogP contribution in [0.4, 0.5) is 4.39 Å². The SMILES string of the molecule is O=C(Cc1cccc(F)c1)NCc1nnc2n1CCN(Cc1cc3ccccc3o1)CC2. The van der Waals surface area contributed by atoms with Gasteiger partial charge in [-0.15, -0.1) is 10.2 Å². The molecule has 1 amide bonds. The van der Waals surface area contributed by atoms with Crippen molar-refractivity contribution in [1.82, 2.24) is 25.0 Å². The van der Waals surface area contributed by atoms with Crippen LogP contribution in [0.5, 0.6) is 0 Å². The van der Waals surface area contributed by atoms with Gasteiger partial charge in [-0.05, 0) is 29.8 Å². The third kappa shape index (κ3) is 4.55. The van der Waals surface area contributed by atoms with Crippen molar-refractivity contribution in [1.29, 1.82) is 0 Å². The molecule has 0 fully saturated rings. The summed E-state index contributed by atoms with van der Waals surface area (Å²) in [6.07, 6.45) is 0.911. The highest BCUT2D eigenvalue weighted by Gasteiger charge is 2.20. The Bertz CT molecular complexity index is 1220. The van der Waals surface area contributed by atoms with Gasteiger partial charge in [-0.3, -0.25) is 9.69 Å². The fourth-order valence-corrected chi connectivity index (χ4v) is 4.12. The zero-order valence-electron chi connectivity index (χ0n) is 17.6. The molecule has 1 aliphatic heterocycles. The van der Waals surface area contributed by atoms with Crippen molar-refractivity contribution in [3.8, 4) is 0 Å². The Kier molecular flexibility index (Phi) is 5.68. The average molecular weight is 433 g/mol. The van der Waals surface area contributed by atoms with Crippen LogP contribution in [0.1, 0.15) is 23.0 Å². The maximum Gasteiger partial charge on any atom is 0.224 e. The normalized spacial score (nSPS) is 14.3. The Labute approximate surface area is 184 Å². The summed E-state index contributed by atoms with van der Waals surface area (Å²) in [6, 6.07) is 16.2. The number of carbonyl (C=O) groups is 1. The minimum absolute atomic E-state index is 0.129. The first-order valence-electron chi connectivity index (χ1n) is 10.8. The van der Waals surface area contributed by atoms with E-state index in [0.717, 1.165) is 61.0 Å². The Morgan fingerprint density at radius 1 is 1.06 bits per heavy atom. The van der Waals surface area contributed by atoms with Crippen molar-refractivity contribution in [2.45, 2.75) is 32.5 Å². The summed E-state index contributed by atoms with van der Waals surface area (Å²) in [5.74, 6) is 2.09. The lowest BCUT2D eigenvalue weighted by atomic mass is 10.1. The molecule has 164 valence electrons. The molecule has 4 aromatic rings. The topological polar surface area (TPSA) is 76.2 Å². The predicted molar refractivity (Wildman–Crippen MR) is 117 cm³/mol. The van der Waals surface area contributed by atoms with E-state index in [1.807, 2.05) is 18.2 Å². The number of nitrogens with zero attached hydrogens (tertiary/aromatic N) is 4. The molecule has 0 saturated carbocycles. The molecule has 32 heavy (non-hydrogen) atoms. The lowest BCUT2D eigenvalue weighted by Gasteiger charge is -2.18. The van der Waals surface area contributed by atoms with Crippen LogP contribution in [0.2, 0.25) is 0 Å². The van der Waals surface area contributed by atoms with Crippen LogP contribution in [0.25, 0.3) is 11.0 Å². The van der Waals surface area contributed by atoms with Gasteiger partial charge in [0.2, 0.25) is 5.91 Å². The van der Waals surface area contributed by atoms with Crippen LogP contribution < -0.4 is 5.32 Å². The number of carbonyl (C=O) groups excluding carboxylic acids is 1. The molecule has 1 N–H and O–H groups in total. The maximum absolute atomic E-state index is 13.3. The van der Waals surface area contributed by atoms with Gasteiger partial charge in [0.15, 0.2) is 5.82 Å². The second-order valence-corrected chi connectivity index (χ2v) is 8.04. The van der Waals surface area contributed by atoms with Gasteiger partial charge in [-0.25, -0.2) is 4.39 Å². The van der Waals surface area contributed by atoms with Gasteiger partial charge < -0.3 is 14.3 Å². The lowest BCUT2D eigenvalue weighted by Crippen LogP contribution is -2.28. The molecule has 0 atom stereocenters. The molecule has 2 aromatic carbocycles. The highest BCUT2D eigenvalue weighted by Crippen LogP contribution is 2.21. The van der Waals surface area contributed by atoms with Gasteiger partial charge >= 0.3 is 0 Å². The van der Waals surface area contributed by atoms with Gasteiger partial charge in [0.1, 0.15) is 23.0 Å². The Morgan fingerprint density at radius 2 is 1.97 bits per heavy atom. The molecule has 1 aliphatic rings. The van der Waals surface area contributed by atoms with E-state index >= 15 is 0 Å². The number of aromatic nitrogens is 3. The number of hydrogen-bond acceptors (Lipinski definition) is 5.